The first-order valence-corrected chi connectivity index (χ1v) is 8.29. The van der Waals surface area contributed by atoms with Crippen LogP contribution in [0.2, 0.25) is 0 Å². The molecule has 7 nitrogen and oxygen atoms in total. The van der Waals surface area contributed by atoms with E-state index in [-0.39, 0.29) is 17.7 Å². The maximum absolute atomic E-state index is 12.3. The number of amides is 1. The molecule has 1 aliphatic rings. The predicted octanol–water partition coefficient (Wildman–Crippen LogP) is 2.37. The van der Waals surface area contributed by atoms with E-state index in [2.05, 4.69) is 25.3 Å². The van der Waals surface area contributed by atoms with Crippen molar-refractivity contribution >= 4 is 17.7 Å². The molecule has 1 saturated heterocycles. The highest BCUT2D eigenvalue weighted by molar-refractivity contribution is 5.78. The molecule has 126 valence electrons. The minimum Gasteiger partial charge on any atom is -0.342 e. The van der Waals surface area contributed by atoms with E-state index in [4.69, 9.17) is 0 Å². The maximum atomic E-state index is 12.3. The van der Waals surface area contributed by atoms with Gasteiger partial charge in [-0.15, -0.1) is 0 Å². The van der Waals surface area contributed by atoms with Gasteiger partial charge in [-0.05, 0) is 18.9 Å². The summed E-state index contributed by atoms with van der Waals surface area (Å²) in [7, 11) is 0. The second-order valence-electron chi connectivity index (χ2n) is 6.27. The smallest absolute Gasteiger partial charge is 0.228 e. The van der Waals surface area contributed by atoms with E-state index in [9.17, 15) is 4.79 Å². The van der Waals surface area contributed by atoms with Crippen molar-refractivity contribution in [2.24, 2.45) is 5.92 Å². The molecule has 3 heterocycles. The molecule has 1 atom stereocenters. The lowest BCUT2D eigenvalue weighted by Crippen LogP contribution is -2.41. The van der Waals surface area contributed by atoms with Crippen LogP contribution in [0.5, 0.6) is 0 Å². The monoisotopic (exact) mass is 326 g/mol. The summed E-state index contributed by atoms with van der Waals surface area (Å²) in [5.41, 5.74) is 0.867. The third-order valence-corrected chi connectivity index (χ3v) is 4.14. The van der Waals surface area contributed by atoms with Crippen LogP contribution in [0.15, 0.2) is 30.9 Å². The first kappa shape index (κ1) is 16.3. The number of hydrogen-bond donors (Lipinski definition) is 1. The van der Waals surface area contributed by atoms with Crippen LogP contribution in [0.3, 0.4) is 0 Å². The van der Waals surface area contributed by atoms with Crippen molar-refractivity contribution < 1.29 is 4.79 Å². The van der Waals surface area contributed by atoms with Crippen LogP contribution >= 0.6 is 0 Å². The van der Waals surface area contributed by atoms with Gasteiger partial charge < -0.3 is 10.2 Å². The van der Waals surface area contributed by atoms with Crippen LogP contribution < -0.4 is 5.32 Å². The molecule has 1 amide bonds. The number of piperidine rings is 1. The third kappa shape index (κ3) is 3.67. The Balaban J connectivity index is 1.80. The molecule has 1 unspecified atom stereocenters. The number of anilines is 2. The lowest BCUT2D eigenvalue weighted by atomic mass is 9.93. The Bertz CT molecular complexity index is 690. The third-order valence-electron chi connectivity index (χ3n) is 4.14. The number of likely N-dealkylation sites (tertiary alicyclic amines) is 1. The van der Waals surface area contributed by atoms with Gasteiger partial charge >= 0.3 is 0 Å². The van der Waals surface area contributed by atoms with E-state index in [0.29, 0.717) is 18.3 Å². The van der Waals surface area contributed by atoms with Gasteiger partial charge in [0.25, 0.3) is 0 Å². The van der Waals surface area contributed by atoms with Gasteiger partial charge in [-0.3, -0.25) is 9.78 Å². The zero-order valence-corrected chi connectivity index (χ0v) is 14.0. The number of hydrogen-bond acceptors (Lipinski definition) is 6. The molecule has 24 heavy (non-hydrogen) atoms. The van der Waals surface area contributed by atoms with Gasteiger partial charge in [-0.1, -0.05) is 13.8 Å². The van der Waals surface area contributed by atoms with Gasteiger partial charge in [-0.2, -0.15) is 0 Å². The molecule has 0 saturated carbocycles. The summed E-state index contributed by atoms with van der Waals surface area (Å²) in [4.78, 5) is 31.5. The standard InChI is InChI=1S/C17H22N6O/c1-12(2)16(24)23-10-3-5-13(11-23)14-15(19-9-8-18-14)22-17-20-6-4-7-21-17/h4,6-9,12-13H,3,5,10-11H2,1-2H3,(H,19,20,21,22). The number of aromatic nitrogens is 4. The van der Waals surface area contributed by atoms with Gasteiger partial charge in [-0.25, -0.2) is 15.0 Å². The molecule has 0 aliphatic carbocycles. The Morgan fingerprint density at radius 2 is 1.92 bits per heavy atom. The van der Waals surface area contributed by atoms with E-state index >= 15 is 0 Å². The fourth-order valence-corrected chi connectivity index (χ4v) is 2.98. The summed E-state index contributed by atoms with van der Waals surface area (Å²) in [6.07, 6.45) is 8.65. The van der Waals surface area contributed by atoms with Crippen LogP contribution in [0.1, 0.15) is 38.3 Å². The van der Waals surface area contributed by atoms with Crippen LogP contribution in [0.4, 0.5) is 11.8 Å². The normalized spacial score (nSPS) is 17.8. The molecular weight excluding hydrogens is 304 g/mol. The summed E-state index contributed by atoms with van der Waals surface area (Å²) in [5, 5.41) is 3.14. The van der Waals surface area contributed by atoms with Crippen molar-refractivity contribution in [2.45, 2.75) is 32.6 Å². The lowest BCUT2D eigenvalue weighted by Gasteiger charge is -2.34. The molecule has 0 bridgehead atoms. The molecule has 1 aliphatic heterocycles. The Hall–Kier alpha value is -2.57. The molecule has 2 aromatic heterocycles. The zero-order valence-electron chi connectivity index (χ0n) is 14.0. The molecule has 1 N–H and O–H groups in total. The van der Waals surface area contributed by atoms with E-state index in [0.717, 1.165) is 25.1 Å². The van der Waals surface area contributed by atoms with Crippen LogP contribution in [0, 0.1) is 5.92 Å². The molecular formula is C17H22N6O. The maximum Gasteiger partial charge on any atom is 0.228 e. The van der Waals surface area contributed by atoms with Crippen molar-refractivity contribution in [3.8, 4) is 0 Å². The highest BCUT2D eigenvalue weighted by atomic mass is 16.2. The Kier molecular flexibility index (Phi) is 4.98. The molecule has 0 radical (unpaired) electrons. The molecule has 3 rings (SSSR count). The number of carbonyl (C=O) groups is 1. The topological polar surface area (TPSA) is 83.9 Å². The first-order chi connectivity index (χ1) is 11.6. The van der Waals surface area contributed by atoms with Gasteiger partial charge in [0.05, 0.1) is 5.69 Å². The highest BCUT2D eigenvalue weighted by Gasteiger charge is 2.28. The minimum atomic E-state index is 0.0147. The Morgan fingerprint density at radius 1 is 1.17 bits per heavy atom. The summed E-state index contributed by atoms with van der Waals surface area (Å²) < 4.78 is 0. The van der Waals surface area contributed by atoms with E-state index in [1.807, 2.05) is 18.7 Å². The van der Waals surface area contributed by atoms with Gasteiger partial charge in [0.1, 0.15) is 0 Å². The fourth-order valence-electron chi connectivity index (χ4n) is 2.98. The second kappa shape index (κ2) is 7.33. The van der Waals surface area contributed by atoms with Crippen LogP contribution in [0.25, 0.3) is 0 Å². The van der Waals surface area contributed by atoms with Crippen molar-refractivity contribution in [2.75, 3.05) is 18.4 Å². The lowest BCUT2D eigenvalue weighted by molar-refractivity contribution is -0.135. The number of nitrogens with one attached hydrogen (secondary N) is 1. The quantitative estimate of drug-likeness (QED) is 0.928. The molecule has 7 heteroatoms. The van der Waals surface area contributed by atoms with Gasteiger partial charge in [0.15, 0.2) is 5.82 Å². The molecule has 2 aromatic rings. The van der Waals surface area contributed by atoms with E-state index in [1.165, 1.54) is 0 Å². The van der Waals surface area contributed by atoms with Gasteiger partial charge in [0, 0.05) is 49.7 Å². The highest BCUT2D eigenvalue weighted by Crippen LogP contribution is 2.30. The largest absolute Gasteiger partial charge is 0.342 e. The summed E-state index contributed by atoms with van der Waals surface area (Å²) in [5.74, 6) is 1.53. The molecule has 0 aromatic carbocycles. The summed E-state index contributed by atoms with van der Waals surface area (Å²) in [6.45, 7) is 5.38. The van der Waals surface area contributed by atoms with Crippen molar-refractivity contribution in [3.05, 3.63) is 36.5 Å². The van der Waals surface area contributed by atoms with Crippen LogP contribution in [-0.2, 0) is 4.79 Å². The van der Waals surface area contributed by atoms with E-state index in [1.54, 1.807) is 30.9 Å². The second-order valence-corrected chi connectivity index (χ2v) is 6.27. The molecule has 0 spiro atoms. The van der Waals surface area contributed by atoms with Crippen molar-refractivity contribution in [3.63, 3.8) is 0 Å². The minimum absolute atomic E-state index is 0.0147. The SMILES string of the molecule is CC(C)C(=O)N1CCCC(c2nccnc2Nc2ncccn2)C1. The Morgan fingerprint density at radius 3 is 2.67 bits per heavy atom. The Labute approximate surface area is 141 Å². The first-order valence-electron chi connectivity index (χ1n) is 8.29. The number of nitrogens with zero attached hydrogens (tertiary/aromatic N) is 5. The summed E-state index contributed by atoms with van der Waals surface area (Å²) in [6, 6.07) is 1.76. The van der Waals surface area contributed by atoms with Gasteiger partial charge in [0.2, 0.25) is 11.9 Å². The van der Waals surface area contributed by atoms with E-state index < -0.39 is 0 Å². The van der Waals surface area contributed by atoms with Crippen molar-refractivity contribution in [1.82, 2.24) is 24.8 Å². The molecule has 1 fully saturated rings. The number of rotatable bonds is 4. The average molecular weight is 326 g/mol. The average Bonchev–Trinajstić information content (AvgIpc) is 2.62. The number of carbonyl (C=O) groups excluding carboxylic acids is 1. The zero-order chi connectivity index (χ0) is 16.9. The fraction of sp³-hybridized carbons (Fsp3) is 0.471. The summed E-state index contributed by atoms with van der Waals surface area (Å²) >= 11 is 0. The van der Waals surface area contributed by atoms with Crippen LogP contribution in [-0.4, -0.2) is 43.8 Å². The predicted molar refractivity (Wildman–Crippen MR) is 90.7 cm³/mol. The van der Waals surface area contributed by atoms with Crippen molar-refractivity contribution in [1.29, 1.82) is 0 Å².